The number of carbonyl (C=O) groups excluding carboxylic acids is 1. The molecule has 0 unspecified atom stereocenters. The molecule has 7 nitrogen and oxygen atoms in total. The van der Waals surface area contributed by atoms with Gasteiger partial charge in [-0.1, -0.05) is 0 Å². The fourth-order valence-corrected chi connectivity index (χ4v) is 1.71. The number of carboxylic acid groups (broad SMARTS) is 1. The molecular formula is C13H21N3O4. The Morgan fingerprint density at radius 2 is 2.20 bits per heavy atom. The minimum absolute atomic E-state index is 0.219. The van der Waals surface area contributed by atoms with Crippen molar-refractivity contribution in [2.45, 2.75) is 6.54 Å². The third-order valence-corrected chi connectivity index (χ3v) is 2.82. The number of rotatable bonds is 9. The molecule has 0 atom stereocenters. The second-order valence-corrected chi connectivity index (χ2v) is 4.47. The third-order valence-electron chi connectivity index (χ3n) is 2.82. The molecule has 0 saturated heterocycles. The summed E-state index contributed by atoms with van der Waals surface area (Å²) in [6.07, 6.45) is 1.58. The van der Waals surface area contributed by atoms with Crippen LogP contribution >= 0.6 is 0 Å². The average molecular weight is 283 g/mol. The zero-order valence-electron chi connectivity index (χ0n) is 11.8. The van der Waals surface area contributed by atoms with Gasteiger partial charge in [0, 0.05) is 32.9 Å². The molecule has 1 amide bonds. The summed E-state index contributed by atoms with van der Waals surface area (Å²) in [6.45, 7) is 2.42. The van der Waals surface area contributed by atoms with E-state index < -0.39 is 5.97 Å². The molecule has 0 radical (unpaired) electrons. The van der Waals surface area contributed by atoms with Gasteiger partial charge in [-0.25, -0.2) is 0 Å². The predicted octanol–water partition coefficient (Wildman–Crippen LogP) is -0.119. The van der Waals surface area contributed by atoms with E-state index in [0.29, 0.717) is 25.4 Å². The molecule has 0 saturated carbocycles. The molecule has 2 N–H and O–H groups in total. The summed E-state index contributed by atoms with van der Waals surface area (Å²) in [5.41, 5.74) is 0.354. The van der Waals surface area contributed by atoms with E-state index in [1.165, 1.54) is 4.57 Å². The summed E-state index contributed by atoms with van der Waals surface area (Å²) < 4.78 is 6.37. The van der Waals surface area contributed by atoms with Crippen LogP contribution in [0.5, 0.6) is 0 Å². The topological polar surface area (TPSA) is 83.8 Å². The second-order valence-electron chi connectivity index (χ2n) is 4.47. The number of ether oxygens (including phenoxy) is 1. The number of aromatic nitrogens is 1. The Morgan fingerprint density at radius 3 is 2.85 bits per heavy atom. The van der Waals surface area contributed by atoms with Gasteiger partial charge in [0.1, 0.15) is 12.2 Å². The fraction of sp³-hybridized carbons (Fsp3) is 0.538. The first kappa shape index (κ1) is 16.2. The van der Waals surface area contributed by atoms with E-state index in [1.807, 2.05) is 11.9 Å². The molecule has 0 spiro atoms. The molecule has 20 heavy (non-hydrogen) atoms. The van der Waals surface area contributed by atoms with Crippen molar-refractivity contribution in [1.29, 1.82) is 0 Å². The molecule has 0 aliphatic carbocycles. The number of amides is 1. The summed E-state index contributed by atoms with van der Waals surface area (Å²) in [4.78, 5) is 24.7. The molecule has 1 aromatic rings. The first-order valence-corrected chi connectivity index (χ1v) is 6.37. The Morgan fingerprint density at radius 1 is 1.45 bits per heavy atom. The molecule has 1 aromatic heterocycles. The highest BCUT2D eigenvalue weighted by molar-refractivity contribution is 5.93. The van der Waals surface area contributed by atoms with Crippen LogP contribution in [0.15, 0.2) is 18.3 Å². The highest BCUT2D eigenvalue weighted by Crippen LogP contribution is 2.02. The lowest BCUT2D eigenvalue weighted by Crippen LogP contribution is -2.35. The van der Waals surface area contributed by atoms with Crippen LogP contribution in [0, 0.1) is 0 Å². The summed E-state index contributed by atoms with van der Waals surface area (Å²) in [5, 5.41) is 11.5. The van der Waals surface area contributed by atoms with Crippen molar-refractivity contribution in [2.75, 3.05) is 40.4 Å². The van der Waals surface area contributed by atoms with Gasteiger partial charge < -0.3 is 24.6 Å². The van der Waals surface area contributed by atoms with Crippen molar-refractivity contribution < 1.29 is 19.4 Å². The number of carbonyl (C=O) groups is 2. The highest BCUT2D eigenvalue weighted by Gasteiger charge is 2.12. The van der Waals surface area contributed by atoms with Gasteiger partial charge in [-0.15, -0.1) is 0 Å². The molecule has 0 aromatic carbocycles. The van der Waals surface area contributed by atoms with Crippen molar-refractivity contribution in [3.05, 3.63) is 24.0 Å². The van der Waals surface area contributed by atoms with Crippen LogP contribution in [-0.4, -0.2) is 66.8 Å². The Hall–Kier alpha value is -1.86. The van der Waals surface area contributed by atoms with Gasteiger partial charge in [0.25, 0.3) is 5.91 Å². The first-order chi connectivity index (χ1) is 9.54. The molecule has 0 fully saturated rings. The molecule has 0 aliphatic rings. The second kappa shape index (κ2) is 8.34. The van der Waals surface area contributed by atoms with E-state index in [9.17, 15) is 9.59 Å². The van der Waals surface area contributed by atoms with E-state index >= 15 is 0 Å². The largest absolute Gasteiger partial charge is 0.480 e. The third kappa shape index (κ3) is 5.41. The fourth-order valence-electron chi connectivity index (χ4n) is 1.71. The van der Waals surface area contributed by atoms with Gasteiger partial charge in [-0.05, 0) is 19.2 Å². The number of hydrogen-bond acceptors (Lipinski definition) is 4. The maximum atomic E-state index is 11.9. The number of aliphatic carboxylic acids is 1. The minimum Gasteiger partial charge on any atom is -0.480 e. The standard InChI is InChI=1S/C13H21N3O4/c1-15(8-9-20-2)7-5-14-13(19)11-4-3-6-16(11)10-12(17)18/h3-4,6H,5,7-10H2,1-2H3,(H,14,19)(H,17,18). The normalized spacial score (nSPS) is 10.8. The van der Waals surface area contributed by atoms with Crippen molar-refractivity contribution >= 4 is 11.9 Å². The van der Waals surface area contributed by atoms with E-state index in [4.69, 9.17) is 9.84 Å². The lowest BCUT2D eigenvalue weighted by molar-refractivity contribution is -0.137. The summed E-state index contributed by atoms with van der Waals surface area (Å²) in [6, 6.07) is 3.26. The van der Waals surface area contributed by atoms with Crippen LogP contribution in [0.2, 0.25) is 0 Å². The number of hydrogen-bond donors (Lipinski definition) is 2. The van der Waals surface area contributed by atoms with Crippen molar-refractivity contribution in [3.8, 4) is 0 Å². The van der Waals surface area contributed by atoms with Gasteiger partial charge in [-0.3, -0.25) is 9.59 Å². The van der Waals surface area contributed by atoms with E-state index in [0.717, 1.165) is 6.54 Å². The minimum atomic E-state index is -0.977. The number of nitrogens with one attached hydrogen (secondary N) is 1. The Bertz CT molecular complexity index is 445. The van der Waals surface area contributed by atoms with Crippen molar-refractivity contribution in [1.82, 2.24) is 14.8 Å². The maximum absolute atomic E-state index is 11.9. The molecule has 0 aliphatic heterocycles. The molecule has 7 heteroatoms. The summed E-state index contributed by atoms with van der Waals surface area (Å²) in [7, 11) is 3.59. The van der Waals surface area contributed by atoms with E-state index in [2.05, 4.69) is 5.32 Å². The summed E-state index contributed by atoms with van der Waals surface area (Å²) in [5.74, 6) is -1.24. The summed E-state index contributed by atoms with van der Waals surface area (Å²) >= 11 is 0. The number of nitrogens with zero attached hydrogens (tertiary/aromatic N) is 2. The van der Waals surface area contributed by atoms with Gasteiger partial charge in [0.15, 0.2) is 0 Å². The van der Waals surface area contributed by atoms with Crippen LogP contribution in [0.25, 0.3) is 0 Å². The Kier molecular flexibility index (Phi) is 6.75. The van der Waals surface area contributed by atoms with Crippen LogP contribution < -0.4 is 5.32 Å². The average Bonchev–Trinajstić information content (AvgIpc) is 2.83. The zero-order valence-corrected chi connectivity index (χ0v) is 11.8. The molecular weight excluding hydrogens is 262 g/mol. The van der Waals surface area contributed by atoms with Crippen LogP contribution in [0.1, 0.15) is 10.5 Å². The van der Waals surface area contributed by atoms with E-state index in [-0.39, 0.29) is 12.5 Å². The zero-order chi connectivity index (χ0) is 15.0. The number of methoxy groups -OCH3 is 1. The SMILES string of the molecule is COCCN(C)CCNC(=O)c1cccn1CC(=O)O. The highest BCUT2D eigenvalue weighted by atomic mass is 16.5. The molecule has 1 heterocycles. The Balaban J connectivity index is 2.39. The van der Waals surface area contributed by atoms with Crippen molar-refractivity contribution in [2.24, 2.45) is 0 Å². The molecule has 112 valence electrons. The van der Waals surface area contributed by atoms with Crippen LogP contribution in [0.4, 0.5) is 0 Å². The van der Waals surface area contributed by atoms with Gasteiger partial charge in [0.2, 0.25) is 0 Å². The monoisotopic (exact) mass is 283 g/mol. The van der Waals surface area contributed by atoms with Gasteiger partial charge >= 0.3 is 5.97 Å². The molecule has 1 rings (SSSR count). The van der Waals surface area contributed by atoms with Gasteiger partial charge in [0.05, 0.1) is 6.61 Å². The van der Waals surface area contributed by atoms with Crippen molar-refractivity contribution in [3.63, 3.8) is 0 Å². The molecule has 0 bridgehead atoms. The smallest absolute Gasteiger partial charge is 0.323 e. The van der Waals surface area contributed by atoms with E-state index in [1.54, 1.807) is 25.4 Å². The predicted molar refractivity (Wildman–Crippen MR) is 73.8 cm³/mol. The van der Waals surface area contributed by atoms with Crippen LogP contribution in [0.3, 0.4) is 0 Å². The lowest BCUT2D eigenvalue weighted by Gasteiger charge is -2.16. The number of carboxylic acids is 1. The lowest BCUT2D eigenvalue weighted by atomic mass is 10.4. The van der Waals surface area contributed by atoms with Gasteiger partial charge in [-0.2, -0.15) is 0 Å². The number of likely N-dealkylation sites (N-methyl/N-ethyl adjacent to an activating group) is 1. The first-order valence-electron chi connectivity index (χ1n) is 6.37. The maximum Gasteiger partial charge on any atom is 0.323 e. The Labute approximate surface area is 118 Å². The van der Waals surface area contributed by atoms with Crippen LogP contribution in [-0.2, 0) is 16.1 Å². The quantitative estimate of drug-likeness (QED) is 0.660.